The summed E-state index contributed by atoms with van der Waals surface area (Å²) in [4.78, 5) is 13.2. The Balaban J connectivity index is 3.44. The second-order valence-electron chi connectivity index (χ2n) is 3.16. The summed E-state index contributed by atoms with van der Waals surface area (Å²) in [5.74, 6) is 0.214. The van der Waals surface area contributed by atoms with E-state index in [-0.39, 0.29) is 5.91 Å². The first-order valence-corrected chi connectivity index (χ1v) is 6.22. The van der Waals surface area contributed by atoms with E-state index in [0.717, 1.165) is 18.2 Å². The monoisotopic (exact) mass is 265 g/mol. The lowest BCUT2D eigenvalue weighted by atomic mass is 10.2. The van der Waals surface area contributed by atoms with Gasteiger partial charge in [-0.25, -0.2) is 0 Å². The van der Waals surface area contributed by atoms with Gasteiger partial charge in [-0.3, -0.25) is 4.79 Å². The number of halogens is 1. The molecule has 0 N–H and O–H groups in total. The lowest BCUT2D eigenvalue weighted by molar-refractivity contribution is -0.130. The largest absolute Gasteiger partial charge is 0.380 e. The summed E-state index contributed by atoms with van der Waals surface area (Å²) in [5.41, 5.74) is 0. The van der Waals surface area contributed by atoms with Gasteiger partial charge < -0.3 is 9.64 Å². The lowest BCUT2D eigenvalue weighted by Crippen LogP contribution is -2.29. The van der Waals surface area contributed by atoms with Gasteiger partial charge in [-0.05, 0) is 19.8 Å². The van der Waals surface area contributed by atoms with Gasteiger partial charge in [0.15, 0.2) is 0 Å². The van der Waals surface area contributed by atoms with Crippen LogP contribution in [0.5, 0.6) is 0 Å². The minimum Gasteiger partial charge on any atom is -0.380 e. The van der Waals surface area contributed by atoms with Crippen molar-refractivity contribution in [2.45, 2.75) is 26.2 Å². The lowest BCUT2D eigenvalue weighted by Gasteiger charge is -2.16. The number of alkyl halides is 1. The fraction of sp³-hybridized carbons (Fsp3) is 0.900. The normalized spacial score (nSPS) is 10.2. The van der Waals surface area contributed by atoms with Crippen molar-refractivity contribution in [3.8, 4) is 0 Å². The number of likely N-dealkylation sites (N-methyl/N-ethyl adjacent to an activating group) is 1. The summed E-state index contributed by atoms with van der Waals surface area (Å²) in [7, 11) is 1.83. The molecule has 1 amide bonds. The van der Waals surface area contributed by atoms with Gasteiger partial charge in [-0.1, -0.05) is 15.9 Å². The van der Waals surface area contributed by atoms with Crippen LogP contribution in [0.1, 0.15) is 26.2 Å². The van der Waals surface area contributed by atoms with Crippen molar-refractivity contribution in [3.63, 3.8) is 0 Å². The Bertz CT molecular complexity index is 153. The number of nitrogens with zero attached hydrogens (tertiary/aromatic N) is 1. The first-order chi connectivity index (χ1) is 6.72. The van der Waals surface area contributed by atoms with Crippen LogP contribution in [0.25, 0.3) is 0 Å². The van der Waals surface area contributed by atoms with Crippen molar-refractivity contribution in [3.05, 3.63) is 0 Å². The van der Waals surface area contributed by atoms with E-state index in [9.17, 15) is 4.79 Å². The summed E-state index contributed by atoms with van der Waals surface area (Å²) in [5, 5.41) is 0.975. The molecule has 0 saturated heterocycles. The van der Waals surface area contributed by atoms with Gasteiger partial charge in [0.2, 0.25) is 5.91 Å². The summed E-state index contributed by atoms with van der Waals surface area (Å²) in [6.45, 7) is 4.00. The third-order valence-corrected chi connectivity index (χ3v) is 2.54. The van der Waals surface area contributed by atoms with Crippen LogP contribution in [0.3, 0.4) is 0 Å². The smallest absolute Gasteiger partial charge is 0.222 e. The average Bonchev–Trinajstić information content (AvgIpc) is 2.18. The van der Waals surface area contributed by atoms with Crippen LogP contribution in [-0.4, -0.2) is 42.9 Å². The number of hydrogen-bond acceptors (Lipinski definition) is 2. The van der Waals surface area contributed by atoms with E-state index in [1.54, 1.807) is 4.90 Å². The predicted molar refractivity (Wildman–Crippen MR) is 61.8 cm³/mol. The highest BCUT2D eigenvalue weighted by Crippen LogP contribution is 2.01. The molecule has 14 heavy (non-hydrogen) atoms. The molecule has 0 aromatic rings. The molecule has 0 saturated carbocycles. The van der Waals surface area contributed by atoms with E-state index >= 15 is 0 Å². The minimum absolute atomic E-state index is 0.214. The quantitative estimate of drug-likeness (QED) is 0.497. The van der Waals surface area contributed by atoms with Crippen molar-refractivity contribution in [1.82, 2.24) is 4.90 Å². The first kappa shape index (κ1) is 13.9. The SMILES string of the molecule is CCOCCN(C)C(=O)CCCCBr. The molecule has 3 nitrogen and oxygen atoms in total. The third-order valence-electron chi connectivity index (χ3n) is 1.98. The zero-order chi connectivity index (χ0) is 10.8. The number of amides is 1. The fourth-order valence-corrected chi connectivity index (χ4v) is 1.43. The van der Waals surface area contributed by atoms with Gasteiger partial charge in [0.1, 0.15) is 0 Å². The maximum Gasteiger partial charge on any atom is 0.222 e. The number of unbranched alkanes of at least 4 members (excludes halogenated alkanes) is 1. The Labute approximate surface area is 94.9 Å². The van der Waals surface area contributed by atoms with Crippen LogP contribution in [0.4, 0.5) is 0 Å². The number of rotatable bonds is 8. The summed E-state index contributed by atoms with van der Waals surface area (Å²) >= 11 is 3.34. The molecule has 0 aliphatic carbocycles. The number of carbonyl (C=O) groups is 1. The van der Waals surface area contributed by atoms with Crippen molar-refractivity contribution < 1.29 is 9.53 Å². The van der Waals surface area contributed by atoms with Crippen LogP contribution in [0.2, 0.25) is 0 Å². The third kappa shape index (κ3) is 7.33. The van der Waals surface area contributed by atoms with Crippen LogP contribution >= 0.6 is 15.9 Å². The minimum atomic E-state index is 0.214. The molecule has 0 atom stereocenters. The van der Waals surface area contributed by atoms with Gasteiger partial charge in [0.05, 0.1) is 6.61 Å². The average molecular weight is 266 g/mol. The Hall–Kier alpha value is -0.0900. The van der Waals surface area contributed by atoms with Crippen molar-refractivity contribution in [1.29, 1.82) is 0 Å². The van der Waals surface area contributed by atoms with E-state index in [1.807, 2.05) is 14.0 Å². The molecule has 0 rings (SSSR count). The zero-order valence-corrected chi connectivity index (χ0v) is 10.7. The van der Waals surface area contributed by atoms with Crippen LogP contribution in [0.15, 0.2) is 0 Å². The molecule has 0 aromatic heterocycles. The van der Waals surface area contributed by atoms with Gasteiger partial charge in [-0.15, -0.1) is 0 Å². The standard InChI is InChI=1S/C10H20BrNO2/c1-3-14-9-8-12(2)10(13)6-4-5-7-11/h3-9H2,1-2H3. The molecule has 0 aromatic carbocycles. The molecule has 0 aliphatic heterocycles. The highest BCUT2D eigenvalue weighted by molar-refractivity contribution is 9.09. The molecule has 0 spiro atoms. The van der Waals surface area contributed by atoms with Crippen molar-refractivity contribution in [2.24, 2.45) is 0 Å². The summed E-state index contributed by atoms with van der Waals surface area (Å²) < 4.78 is 5.18. The molecule has 4 heteroatoms. The molecule has 0 aliphatic rings. The van der Waals surface area contributed by atoms with E-state index in [2.05, 4.69) is 15.9 Å². The summed E-state index contributed by atoms with van der Waals surface area (Å²) in [6, 6.07) is 0. The molecule has 84 valence electrons. The van der Waals surface area contributed by atoms with Crippen LogP contribution in [-0.2, 0) is 9.53 Å². The second kappa shape index (κ2) is 9.46. The highest BCUT2D eigenvalue weighted by atomic mass is 79.9. The van der Waals surface area contributed by atoms with Gasteiger partial charge in [0.25, 0.3) is 0 Å². The van der Waals surface area contributed by atoms with Gasteiger partial charge in [-0.2, -0.15) is 0 Å². The molecule has 0 radical (unpaired) electrons. The number of ether oxygens (including phenoxy) is 1. The van der Waals surface area contributed by atoms with E-state index < -0.39 is 0 Å². The van der Waals surface area contributed by atoms with Gasteiger partial charge in [0, 0.05) is 32.0 Å². The Morgan fingerprint density at radius 1 is 1.43 bits per heavy atom. The topological polar surface area (TPSA) is 29.5 Å². The maximum atomic E-state index is 11.5. The van der Waals surface area contributed by atoms with Gasteiger partial charge >= 0.3 is 0 Å². The summed E-state index contributed by atoms with van der Waals surface area (Å²) in [6.07, 6.45) is 2.67. The highest BCUT2D eigenvalue weighted by Gasteiger charge is 2.06. The second-order valence-corrected chi connectivity index (χ2v) is 3.95. The van der Waals surface area contributed by atoms with Crippen molar-refractivity contribution >= 4 is 21.8 Å². The first-order valence-electron chi connectivity index (χ1n) is 5.10. The fourth-order valence-electron chi connectivity index (χ4n) is 1.03. The molecule has 0 unspecified atom stereocenters. The molecule has 0 fully saturated rings. The number of hydrogen-bond donors (Lipinski definition) is 0. The van der Waals surface area contributed by atoms with Crippen LogP contribution in [0, 0.1) is 0 Å². The van der Waals surface area contributed by atoms with E-state index in [0.29, 0.717) is 26.2 Å². The van der Waals surface area contributed by atoms with Crippen molar-refractivity contribution in [2.75, 3.05) is 32.1 Å². The maximum absolute atomic E-state index is 11.5. The molecule has 0 bridgehead atoms. The molecular formula is C10H20BrNO2. The Morgan fingerprint density at radius 2 is 2.14 bits per heavy atom. The predicted octanol–water partition coefficient (Wildman–Crippen LogP) is 2.05. The number of carbonyl (C=O) groups excluding carboxylic acids is 1. The zero-order valence-electron chi connectivity index (χ0n) is 9.09. The van der Waals surface area contributed by atoms with Crippen LogP contribution < -0.4 is 0 Å². The van der Waals surface area contributed by atoms with E-state index in [4.69, 9.17) is 4.74 Å². The molecular weight excluding hydrogens is 246 g/mol. The Kier molecular flexibility index (Phi) is 9.40. The molecule has 0 heterocycles. The van der Waals surface area contributed by atoms with E-state index in [1.165, 1.54) is 0 Å². The Morgan fingerprint density at radius 3 is 2.71 bits per heavy atom.